The summed E-state index contributed by atoms with van der Waals surface area (Å²) in [4.78, 5) is 23.8. The Hall–Kier alpha value is -2.23. The number of hydrogen-bond acceptors (Lipinski definition) is 4. The molecular formula is C16H12FIN4O2. The molecule has 3 aromatic rings. The van der Waals surface area contributed by atoms with E-state index < -0.39 is 5.82 Å². The number of carbonyl (C=O) groups is 1. The second kappa shape index (κ2) is 5.69. The fourth-order valence-electron chi connectivity index (χ4n) is 2.89. The highest BCUT2D eigenvalue weighted by atomic mass is 127. The highest BCUT2D eigenvalue weighted by Crippen LogP contribution is 2.36. The van der Waals surface area contributed by atoms with Crippen molar-refractivity contribution in [3.05, 3.63) is 39.0 Å². The smallest absolute Gasteiger partial charge is 0.254 e. The number of aromatic nitrogens is 3. The molecule has 8 heteroatoms. The third-order valence-corrected chi connectivity index (χ3v) is 5.08. The summed E-state index contributed by atoms with van der Waals surface area (Å²) in [6, 6.07) is 3.40. The monoisotopic (exact) mass is 438 g/mol. The van der Waals surface area contributed by atoms with Gasteiger partial charge >= 0.3 is 0 Å². The number of ether oxygens (including phenoxy) is 1. The Labute approximate surface area is 150 Å². The third-order valence-electron chi connectivity index (χ3n) is 4.00. The van der Waals surface area contributed by atoms with Gasteiger partial charge in [-0.3, -0.25) is 9.78 Å². The first-order valence-corrected chi connectivity index (χ1v) is 8.36. The number of hydrogen-bond donors (Lipinski definition) is 2. The van der Waals surface area contributed by atoms with E-state index in [9.17, 15) is 9.18 Å². The molecule has 3 aromatic heterocycles. The Bertz CT molecular complexity index is 986. The van der Waals surface area contributed by atoms with Gasteiger partial charge in [-0.2, -0.15) is 0 Å². The highest BCUT2D eigenvalue weighted by molar-refractivity contribution is 14.1. The molecule has 0 unspecified atom stereocenters. The number of fused-ring (bicyclic) bond motifs is 2. The zero-order chi connectivity index (χ0) is 16.8. The molecule has 4 heterocycles. The van der Waals surface area contributed by atoms with Gasteiger partial charge < -0.3 is 15.0 Å². The van der Waals surface area contributed by atoms with Gasteiger partial charge in [-0.25, -0.2) is 9.37 Å². The molecule has 6 nitrogen and oxygen atoms in total. The maximum absolute atomic E-state index is 14.6. The van der Waals surface area contributed by atoms with Gasteiger partial charge in [0.2, 0.25) is 5.88 Å². The van der Waals surface area contributed by atoms with Crippen molar-refractivity contribution in [2.45, 2.75) is 6.42 Å². The summed E-state index contributed by atoms with van der Waals surface area (Å²) >= 11 is 2.07. The first-order chi connectivity index (χ1) is 11.6. The minimum Gasteiger partial charge on any atom is -0.481 e. The maximum atomic E-state index is 14.6. The fraction of sp³-hybridized carbons (Fsp3) is 0.188. The molecule has 0 aromatic carbocycles. The van der Waals surface area contributed by atoms with Crippen LogP contribution >= 0.6 is 22.6 Å². The molecule has 1 amide bonds. The average Bonchev–Trinajstić information content (AvgIpc) is 2.92. The molecule has 1 aliphatic rings. The van der Waals surface area contributed by atoms with Gasteiger partial charge in [-0.15, -0.1) is 0 Å². The van der Waals surface area contributed by atoms with Crippen LogP contribution in [0.25, 0.3) is 22.3 Å². The molecule has 24 heavy (non-hydrogen) atoms. The summed E-state index contributed by atoms with van der Waals surface area (Å²) in [7, 11) is 1.50. The van der Waals surface area contributed by atoms with Gasteiger partial charge in [0, 0.05) is 24.7 Å². The zero-order valence-electron chi connectivity index (χ0n) is 12.6. The van der Waals surface area contributed by atoms with Gasteiger partial charge in [-0.05, 0) is 28.7 Å². The minimum atomic E-state index is -0.500. The van der Waals surface area contributed by atoms with Crippen LogP contribution in [-0.4, -0.2) is 34.5 Å². The number of rotatable bonds is 2. The lowest BCUT2D eigenvalue weighted by Crippen LogP contribution is -2.31. The second-order valence-corrected chi connectivity index (χ2v) is 6.45. The predicted molar refractivity (Wildman–Crippen MR) is 94.6 cm³/mol. The van der Waals surface area contributed by atoms with Crippen LogP contribution in [0, 0.1) is 9.39 Å². The van der Waals surface area contributed by atoms with Crippen LogP contribution in [0.15, 0.2) is 18.3 Å². The summed E-state index contributed by atoms with van der Waals surface area (Å²) in [5, 5.41) is 2.81. The number of nitrogens with zero attached hydrogens (tertiary/aromatic N) is 2. The lowest BCUT2D eigenvalue weighted by atomic mass is 10.1. The lowest BCUT2D eigenvalue weighted by molar-refractivity contribution is 0.0945. The molecule has 0 saturated carbocycles. The maximum Gasteiger partial charge on any atom is 0.254 e. The summed E-state index contributed by atoms with van der Waals surface area (Å²) in [6.45, 7) is 0.563. The molecular weight excluding hydrogens is 426 g/mol. The number of nitrogens with one attached hydrogen (secondary N) is 2. The van der Waals surface area contributed by atoms with Crippen molar-refractivity contribution in [3.63, 3.8) is 0 Å². The molecule has 0 saturated heterocycles. The van der Waals surface area contributed by atoms with Crippen molar-refractivity contribution >= 4 is 39.5 Å². The normalized spacial score (nSPS) is 13.7. The van der Waals surface area contributed by atoms with Gasteiger partial charge in [0.1, 0.15) is 5.52 Å². The van der Waals surface area contributed by atoms with E-state index in [-0.39, 0.29) is 5.91 Å². The fourth-order valence-corrected chi connectivity index (χ4v) is 3.86. The van der Waals surface area contributed by atoms with Gasteiger partial charge in [0.25, 0.3) is 5.91 Å². The van der Waals surface area contributed by atoms with Crippen LogP contribution in [0.2, 0.25) is 0 Å². The van der Waals surface area contributed by atoms with E-state index in [1.54, 1.807) is 12.1 Å². The minimum absolute atomic E-state index is 0.146. The zero-order valence-corrected chi connectivity index (χ0v) is 14.8. The molecule has 0 aliphatic carbocycles. The largest absolute Gasteiger partial charge is 0.481 e. The van der Waals surface area contributed by atoms with Gasteiger partial charge in [-0.1, -0.05) is 0 Å². The van der Waals surface area contributed by atoms with E-state index in [0.29, 0.717) is 50.3 Å². The number of aromatic amines is 1. The van der Waals surface area contributed by atoms with Crippen molar-refractivity contribution in [1.82, 2.24) is 20.3 Å². The summed E-state index contributed by atoms with van der Waals surface area (Å²) in [5.41, 5.74) is 3.18. The number of amides is 1. The number of pyridine rings is 2. The topological polar surface area (TPSA) is 79.9 Å². The number of halogens is 2. The summed E-state index contributed by atoms with van der Waals surface area (Å²) in [6.07, 6.45) is 1.85. The highest BCUT2D eigenvalue weighted by Gasteiger charge is 2.27. The Kier molecular flexibility index (Phi) is 3.63. The van der Waals surface area contributed by atoms with Crippen molar-refractivity contribution in [2.24, 2.45) is 0 Å². The van der Waals surface area contributed by atoms with E-state index in [4.69, 9.17) is 4.74 Å². The number of methoxy groups -OCH3 is 1. The Morgan fingerprint density at radius 3 is 2.92 bits per heavy atom. The Balaban J connectivity index is 2.03. The van der Waals surface area contributed by atoms with Crippen molar-refractivity contribution in [2.75, 3.05) is 13.7 Å². The quantitative estimate of drug-likeness (QED) is 0.604. The molecule has 0 radical (unpaired) electrons. The molecule has 4 rings (SSSR count). The molecule has 0 spiro atoms. The lowest BCUT2D eigenvalue weighted by Gasteiger charge is -2.11. The molecule has 1 aliphatic heterocycles. The standard InChI is InChI=1S/C16H12FIN4O2/c1-24-10-3-2-9-14(22-10)11(7(17)6-20-9)15-13(18)12-8(21-15)4-5-19-16(12)23/h2-3,6,21H,4-5H2,1H3,(H,19,23). The van der Waals surface area contributed by atoms with E-state index in [1.165, 1.54) is 13.3 Å². The van der Waals surface area contributed by atoms with Crippen molar-refractivity contribution < 1.29 is 13.9 Å². The van der Waals surface area contributed by atoms with E-state index in [1.807, 2.05) is 0 Å². The molecule has 0 fully saturated rings. The van der Waals surface area contributed by atoms with E-state index >= 15 is 0 Å². The van der Waals surface area contributed by atoms with Gasteiger partial charge in [0.05, 0.1) is 39.2 Å². The first-order valence-electron chi connectivity index (χ1n) is 7.28. The Morgan fingerprint density at radius 2 is 2.17 bits per heavy atom. The average molecular weight is 438 g/mol. The van der Waals surface area contributed by atoms with Crippen LogP contribution in [0.4, 0.5) is 4.39 Å². The van der Waals surface area contributed by atoms with E-state index in [0.717, 1.165) is 5.69 Å². The molecule has 0 atom stereocenters. The number of H-pyrrole nitrogens is 1. The van der Waals surface area contributed by atoms with Crippen LogP contribution in [0.1, 0.15) is 16.1 Å². The predicted octanol–water partition coefficient (Wildman–Crippen LogP) is 2.66. The third kappa shape index (κ3) is 2.24. The van der Waals surface area contributed by atoms with Gasteiger partial charge in [0.15, 0.2) is 5.82 Å². The van der Waals surface area contributed by atoms with Crippen LogP contribution < -0.4 is 10.1 Å². The first kappa shape index (κ1) is 15.3. The van der Waals surface area contributed by atoms with Crippen molar-refractivity contribution in [3.8, 4) is 17.1 Å². The number of carbonyl (C=O) groups excluding carboxylic acids is 1. The van der Waals surface area contributed by atoms with E-state index in [2.05, 4.69) is 42.9 Å². The molecule has 2 N–H and O–H groups in total. The Morgan fingerprint density at radius 1 is 1.33 bits per heavy atom. The van der Waals surface area contributed by atoms with Crippen LogP contribution in [0.3, 0.4) is 0 Å². The molecule has 122 valence electrons. The van der Waals surface area contributed by atoms with Crippen LogP contribution in [0.5, 0.6) is 5.88 Å². The SMILES string of the molecule is COc1ccc2ncc(F)c(-c3[nH]c4c(c3I)C(=O)NCC4)c2n1. The van der Waals surface area contributed by atoms with Crippen molar-refractivity contribution in [1.29, 1.82) is 0 Å². The molecule has 0 bridgehead atoms. The summed E-state index contributed by atoms with van der Waals surface area (Å²) in [5.74, 6) is -0.271. The van der Waals surface area contributed by atoms with Crippen LogP contribution in [-0.2, 0) is 6.42 Å². The summed E-state index contributed by atoms with van der Waals surface area (Å²) < 4.78 is 20.4. The second-order valence-electron chi connectivity index (χ2n) is 5.38.